The van der Waals surface area contributed by atoms with Crippen molar-refractivity contribution in [3.8, 4) is 22.3 Å². The molecular formula is C61H47NS. The summed E-state index contributed by atoms with van der Waals surface area (Å²) in [6.07, 6.45) is 6.12. The number of allylic oxidation sites excluding steroid dienone is 5. The van der Waals surface area contributed by atoms with E-state index in [2.05, 4.69) is 216 Å². The van der Waals surface area contributed by atoms with Crippen molar-refractivity contribution in [3.05, 3.63) is 216 Å². The van der Waals surface area contributed by atoms with E-state index in [0.717, 1.165) is 17.1 Å². The van der Waals surface area contributed by atoms with Crippen LogP contribution >= 0.6 is 11.3 Å². The molecule has 1 heterocycles. The minimum atomic E-state index is -0.121. The Morgan fingerprint density at radius 2 is 1.05 bits per heavy atom. The van der Waals surface area contributed by atoms with Gasteiger partial charge in [-0.15, -0.1) is 11.3 Å². The molecule has 0 aliphatic heterocycles. The monoisotopic (exact) mass is 825 g/mol. The lowest BCUT2D eigenvalue weighted by Crippen LogP contribution is -2.15. The Balaban J connectivity index is 1.05. The molecule has 9 aromatic carbocycles. The molecule has 0 fully saturated rings. The van der Waals surface area contributed by atoms with Crippen LogP contribution in [-0.4, -0.2) is 0 Å². The lowest BCUT2D eigenvalue weighted by atomic mass is 9.81. The first-order chi connectivity index (χ1) is 30.6. The SMILES string of the molecule is C=C/C=C\C1=C(C)C(C)(C)c2cc(-c3ccc(N(c4ccc5c(c4)-c4c(ccc6c4sc4ccccc46)C5(C)C)c4ccc5c6ccccc6c6ccccc6c5c4)cc3)ccc21. The van der Waals surface area contributed by atoms with Crippen molar-refractivity contribution in [1.29, 1.82) is 0 Å². The van der Waals surface area contributed by atoms with Crippen molar-refractivity contribution < 1.29 is 0 Å². The van der Waals surface area contributed by atoms with Crippen molar-refractivity contribution in [3.63, 3.8) is 0 Å². The average molecular weight is 826 g/mol. The van der Waals surface area contributed by atoms with Crippen LogP contribution in [0.2, 0.25) is 0 Å². The molecule has 0 saturated carbocycles. The Morgan fingerprint density at radius 1 is 0.476 bits per heavy atom. The summed E-state index contributed by atoms with van der Waals surface area (Å²) in [7, 11) is 0. The molecule has 1 aromatic heterocycles. The van der Waals surface area contributed by atoms with Gasteiger partial charge in [-0.3, -0.25) is 0 Å². The highest BCUT2D eigenvalue weighted by Crippen LogP contribution is 2.55. The first kappa shape index (κ1) is 37.7. The van der Waals surface area contributed by atoms with Gasteiger partial charge in [0.05, 0.1) is 0 Å². The molecule has 0 unspecified atom stereocenters. The van der Waals surface area contributed by atoms with Crippen LogP contribution in [0, 0.1) is 0 Å². The quantitative estimate of drug-likeness (QED) is 0.119. The zero-order valence-corrected chi connectivity index (χ0v) is 37.2. The second kappa shape index (κ2) is 13.8. The maximum absolute atomic E-state index is 3.92. The standard InChI is InChI=1S/C61H47NS/c1-7-8-15-43-37(2)60(3,4)56-34-39(24-29-49(43)56)38-22-25-40(26-23-38)62(41-27-30-48-46-18-10-9-16-44(46)45-17-11-12-19-47(45)52(48)35-41)42-28-32-54-53(36-42)58-55(61(54,5)6)33-31-51-50-20-13-14-21-57(50)63-59(51)58/h7-36H,1H2,2-6H3/b15-8-. The molecule has 0 saturated heterocycles. The Kier molecular flexibility index (Phi) is 8.24. The molecule has 10 aromatic rings. The first-order valence-electron chi connectivity index (χ1n) is 22.1. The van der Waals surface area contributed by atoms with Gasteiger partial charge in [-0.05, 0) is 132 Å². The molecule has 2 aliphatic rings. The van der Waals surface area contributed by atoms with E-state index in [1.807, 2.05) is 23.5 Å². The number of rotatable bonds is 6. The van der Waals surface area contributed by atoms with Crippen molar-refractivity contribution >= 4 is 86.5 Å². The summed E-state index contributed by atoms with van der Waals surface area (Å²) in [5.74, 6) is 0. The Labute approximate surface area is 373 Å². The summed E-state index contributed by atoms with van der Waals surface area (Å²) in [6.45, 7) is 15.7. The number of hydrogen-bond acceptors (Lipinski definition) is 2. The number of fused-ring (bicyclic) bond motifs is 14. The zero-order valence-electron chi connectivity index (χ0n) is 36.4. The van der Waals surface area contributed by atoms with Crippen LogP contribution < -0.4 is 4.90 Å². The van der Waals surface area contributed by atoms with Crippen LogP contribution in [0.3, 0.4) is 0 Å². The van der Waals surface area contributed by atoms with E-state index < -0.39 is 0 Å². The number of thiophene rings is 1. The summed E-state index contributed by atoms with van der Waals surface area (Å²) >= 11 is 1.93. The smallest absolute Gasteiger partial charge is 0.0468 e. The molecule has 0 bridgehead atoms. The molecule has 0 radical (unpaired) electrons. The third-order valence-electron chi connectivity index (χ3n) is 14.6. The minimum absolute atomic E-state index is 0.0589. The van der Waals surface area contributed by atoms with Crippen LogP contribution in [0.25, 0.3) is 80.3 Å². The maximum Gasteiger partial charge on any atom is 0.0468 e. The number of benzene rings is 9. The number of hydrogen-bond donors (Lipinski definition) is 0. The third-order valence-corrected chi connectivity index (χ3v) is 15.8. The Bertz CT molecular complexity index is 3610. The Morgan fingerprint density at radius 3 is 1.76 bits per heavy atom. The molecule has 12 rings (SSSR count). The largest absolute Gasteiger partial charge is 0.310 e. The van der Waals surface area contributed by atoms with Gasteiger partial charge in [0.2, 0.25) is 0 Å². The van der Waals surface area contributed by atoms with E-state index in [1.54, 1.807) is 0 Å². The van der Waals surface area contributed by atoms with Crippen molar-refractivity contribution in [2.75, 3.05) is 4.90 Å². The highest BCUT2D eigenvalue weighted by atomic mass is 32.1. The van der Waals surface area contributed by atoms with Gasteiger partial charge in [-0.25, -0.2) is 0 Å². The van der Waals surface area contributed by atoms with Gasteiger partial charge < -0.3 is 4.90 Å². The van der Waals surface area contributed by atoms with Gasteiger partial charge in [0.1, 0.15) is 0 Å². The molecule has 0 amide bonds. The fraction of sp³-hybridized carbons (Fsp3) is 0.115. The summed E-state index contributed by atoms with van der Waals surface area (Å²) < 4.78 is 2.72. The second-order valence-electron chi connectivity index (χ2n) is 18.5. The van der Waals surface area contributed by atoms with Crippen LogP contribution in [0.5, 0.6) is 0 Å². The fourth-order valence-corrected chi connectivity index (χ4v) is 12.3. The summed E-state index contributed by atoms with van der Waals surface area (Å²) in [5.41, 5.74) is 16.5. The maximum atomic E-state index is 3.92. The van der Waals surface area contributed by atoms with E-state index >= 15 is 0 Å². The van der Waals surface area contributed by atoms with E-state index in [4.69, 9.17) is 0 Å². The highest BCUT2D eigenvalue weighted by Gasteiger charge is 2.38. The molecule has 302 valence electrons. The number of anilines is 3. The van der Waals surface area contributed by atoms with Gasteiger partial charge >= 0.3 is 0 Å². The summed E-state index contributed by atoms with van der Waals surface area (Å²) in [4.78, 5) is 2.47. The van der Waals surface area contributed by atoms with Gasteiger partial charge in [-0.1, -0.05) is 173 Å². The predicted molar refractivity (Wildman–Crippen MR) is 274 cm³/mol. The van der Waals surface area contributed by atoms with Crippen molar-refractivity contribution in [1.82, 2.24) is 0 Å². The van der Waals surface area contributed by atoms with E-state index in [-0.39, 0.29) is 10.8 Å². The lowest BCUT2D eigenvalue weighted by Gasteiger charge is -2.28. The van der Waals surface area contributed by atoms with E-state index in [1.165, 1.54) is 108 Å². The molecular weight excluding hydrogens is 779 g/mol. The molecule has 63 heavy (non-hydrogen) atoms. The molecule has 2 heteroatoms. The second-order valence-corrected chi connectivity index (χ2v) is 19.6. The van der Waals surface area contributed by atoms with Gasteiger partial charge in [-0.2, -0.15) is 0 Å². The van der Waals surface area contributed by atoms with Crippen LogP contribution in [0.15, 0.2) is 194 Å². The predicted octanol–water partition coefficient (Wildman–Crippen LogP) is 17.8. The van der Waals surface area contributed by atoms with Crippen molar-refractivity contribution in [2.24, 2.45) is 0 Å². The van der Waals surface area contributed by atoms with E-state index in [0.29, 0.717) is 0 Å². The summed E-state index contributed by atoms with van der Waals surface area (Å²) in [6, 6.07) is 61.9. The average Bonchev–Trinajstić information content (AvgIpc) is 3.87. The van der Waals surface area contributed by atoms with Gasteiger partial charge in [0, 0.05) is 53.6 Å². The third kappa shape index (κ3) is 5.47. The molecule has 0 N–H and O–H groups in total. The van der Waals surface area contributed by atoms with Crippen LogP contribution in [-0.2, 0) is 10.8 Å². The van der Waals surface area contributed by atoms with Crippen LogP contribution in [0.4, 0.5) is 17.1 Å². The minimum Gasteiger partial charge on any atom is -0.310 e. The molecule has 1 nitrogen and oxygen atoms in total. The topological polar surface area (TPSA) is 3.24 Å². The van der Waals surface area contributed by atoms with Crippen LogP contribution in [0.1, 0.15) is 56.9 Å². The normalized spacial score (nSPS) is 14.9. The summed E-state index contributed by atoms with van der Waals surface area (Å²) in [5, 5.41) is 10.3. The van der Waals surface area contributed by atoms with Crippen molar-refractivity contribution in [2.45, 2.75) is 45.4 Å². The number of nitrogens with zero attached hydrogens (tertiary/aromatic N) is 1. The highest BCUT2D eigenvalue weighted by molar-refractivity contribution is 7.26. The first-order valence-corrected chi connectivity index (χ1v) is 22.9. The Hall–Kier alpha value is -7.00. The zero-order chi connectivity index (χ0) is 42.8. The molecule has 0 atom stereocenters. The molecule has 2 aliphatic carbocycles. The fourth-order valence-electron chi connectivity index (χ4n) is 11.0. The van der Waals surface area contributed by atoms with Gasteiger partial charge in [0.15, 0.2) is 0 Å². The van der Waals surface area contributed by atoms with Gasteiger partial charge in [0.25, 0.3) is 0 Å². The molecule has 0 spiro atoms. The van der Waals surface area contributed by atoms with E-state index in [9.17, 15) is 0 Å². The lowest BCUT2D eigenvalue weighted by molar-refractivity contribution is 0.639.